The average molecular weight is 185 g/mol. The van der Waals surface area contributed by atoms with E-state index in [2.05, 4.69) is 46.6 Å². The van der Waals surface area contributed by atoms with Crippen molar-refractivity contribution >= 4 is 0 Å². The van der Waals surface area contributed by atoms with Crippen LogP contribution in [0.3, 0.4) is 0 Å². The lowest BCUT2D eigenvalue weighted by atomic mass is 9.97. The predicted molar refractivity (Wildman–Crippen MR) is 61.1 cm³/mol. The van der Waals surface area contributed by atoms with Crippen LogP contribution < -0.4 is 0 Å². The molecule has 0 saturated carbocycles. The van der Waals surface area contributed by atoms with Crippen molar-refractivity contribution in [2.75, 3.05) is 7.05 Å². The van der Waals surface area contributed by atoms with Gasteiger partial charge in [-0.25, -0.2) is 0 Å². The van der Waals surface area contributed by atoms with Gasteiger partial charge in [0.15, 0.2) is 0 Å². The van der Waals surface area contributed by atoms with Gasteiger partial charge in [0, 0.05) is 12.1 Å². The van der Waals surface area contributed by atoms with Crippen molar-refractivity contribution in [3.05, 3.63) is 0 Å². The molecular formula is C12H27N. The monoisotopic (exact) mass is 185 g/mol. The molecule has 0 aromatic heterocycles. The molecule has 0 N–H and O–H groups in total. The molecule has 1 heteroatoms. The fraction of sp³-hybridized carbons (Fsp3) is 1.00. The van der Waals surface area contributed by atoms with Gasteiger partial charge in [0.05, 0.1) is 0 Å². The molecule has 1 nitrogen and oxygen atoms in total. The highest BCUT2D eigenvalue weighted by atomic mass is 15.2. The molecule has 80 valence electrons. The van der Waals surface area contributed by atoms with Gasteiger partial charge in [0.25, 0.3) is 0 Å². The van der Waals surface area contributed by atoms with Gasteiger partial charge in [0.1, 0.15) is 0 Å². The second-order valence-corrected chi connectivity index (χ2v) is 4.36. The topological polar surface area (TPSA) is 3.24 Å². The molecule has 0 aliphatic rings. The van der Waals surface area contributed by atoms with Gasteiger partial charge in [-0.3, -0.25) is 0 Å². The maximum atomic E-state index is 2.57. The zero-order chi connectivity index (χ0) is 10.4. The minimum Gasteiger partial charge on any atom is -0.300 e. The second-order valence-electron chi connectivity index (χ2n) is 4.36. The van der Waals surface area contributed by atoms with Crippen LogP contribution >= 0.6 is 0 Å². The molecular weight excluding hydrogens is 158 g/mol. The molecule has 0 fully saturated rings. The quantitative estimate of drug-likeness (QED) is 0.612. The van der Waals surface area contributed by atoms with Gasteiger partial charge in [-0.05, 0) is 32.2 Å². The number of hydrogen-bond acceptors (Lipinski definition) is 1. The normalized spacial score (nSPS) is 14.5. The van der Waals surface area contributed by atoms with Gasteiger partial charge in [0.2, 0.25) is 0 Å². The minimum atomic E-state index is 0.755. The number of nitrogens with zero attached hydrogens (tertiary/aromatic N) is 1. The summed E-state index contributed by atoms with van der Waals surface area (Å²) in [5, 5.41) is 0. The van der Waals surface area contributed by atoms with Gasteiger partial charge >= 0.3 is 0 Å². The van der Waals surface area contributed by atoms with E-state index in [1.54, 1.807) is 0 Å². The van der Waals surface area contributed by atoms with E-state index < -0.39 is 0 Å². The van der Waals surface area contributed by atoms with Crippen LogP contribution in [0.1, 0.15) is 53.9 Å². The maximum absolute atomic E-state index is 2.57. The summed E-state index contributed by atoms with van der Waals surface area (Å²) in [7, 11) is 2.28. The molecule has 13 heavy (non-hydrogen) atoms. The Hall–Kier alpha value is -0.0400. The predicted octanol–water partition coefficient (Wildman–Crippen LogP) is 3.54. The SMILES string of the molecule is CCC(CC)N(C)C(CC)C(C)C. The summed E-state index contributed by atoms with van der Waals surface area (Å²) in [4.78, 5) is 2.57. The Balaban J connectivity index is 4.24. The van der Waals surface area contributed by atoms with Gasteiger partial charge < -0.3 is 4.90 Å². The zero-order valence-electron chi connectivity index (χ0n) is 10.3. The fourth-order valence-electron chi connectivity index (χ4n) is 2.37. The fourth-order valence-corrected chi connectivity index (χ4v) is 2.37. The Kier molecular flexibility index (Phi) is 6.40. The molecule has 0 spiro atoms. The van der Waals surface area contributed by atoms with E-state index in [1.807, 2.05) is 0 Å². The second kappa shape index (κ2) is 6.42. The van der Waals surface area contributed by atoms with Crippen LogP contribution in [0.5, 0.6) is 0 Å². The third kappa shape index (κ3) is 3.68. The van der Waals surface area contributed by atoms with Crippen LogP contribution in [0.2, 0.25) is 0 Å². The van der Waals surface area contributed by atoms with Crippen molar-refractivity contribution in [3.63, 3.8) is 0 Å². The van der Waals surface area contributed by atoms with Crippen molar-refractivity contribution in [1.29, 1.82) is 0 Å². The molecule has 0 aromatic carbocycles. The molecule has 0 amide bonds. The minimum absolute atomic E-state index is 0.755. The van der Waals surface area contributed by atoms with Crippen molar-refractivity contribution in [1.82, 2.24) is 4.90 Å². The first-order chi connectivity index (χ1) is 6.08. The lowest BCUT2D eigenvalue weighted by Gasteiger charge is -2.36. The van der Waals surface area contributed by atoms with Crippen LogP contribution in [0.15, 0.2) is 0 Å². The highest BCUT2D eigenvalue weighted by molar-refractivity contribution is 4.76. The smallest absolute Gasteiger partial charge is 0.0115 e. The summed E-state index contributed by atoms with van der Waals surface area (Å²) in [5.41, 5.74) is 0. The summed E-state index contributed by atoms with van der Waals surface area (Å²) in [6.07, 6.45) is 3.82. The lowest BCUT2D eigenvalue weighted by Crippen LogP contribution is -2.42. The van der Waals surface area contributed by atoms with E-state index in [0.29, 0.717) is 0 Å². The lowest BCUT2D eigenvalue weighted by molar-refractivity contribution is 0.124. The Morgan fingerprint density at radius 2 is 1.38 bits per heavy atom. The zero-order valence-corrected chi connectivity index (χ0v) is 10.3. The van der Waals surface area contributed by atoms with Crippen LogP contribution in [0, 0.1) is 5.92 Å². The molecule has 0 aromatic rings. The van der Waals surface area contributed by atoms with E-state index in [9.17, 15) is 0 Å². The summed E-state index contributed by atoms with van der Waals surface area (Å²) in [6, 6.07) is 1.53. The highest BCUT2D eigenvalue weighted by Gasteiger charge is 2.21. The Labute approximate surface area is 84.5 Å². The molecule has 0 aliphatic heterocycles. The first-order valence-corrected chi connectivity index (χ1v) is 5.80. The van der Waals surface area contributed by atoms with Crippen LogP contribution in [0.4, 0.5) is 0 Å². The third-order valence-corrected chi connectivity index (χ3v) is 3.23. The summed E-state index contributed by atoms with van der Waals surface area (Å²) in [6.45, 7) is 11.5. The molecule has 0 aliphatic carbocycles. The standard InChI is InChI=1S/C12H27N/c1-7-11(8-2)13(6)12(9-3)10(4)5/h10-12H,7-9H2,1-6H3. The van der Waals surface area contributed by atoms with Crippen molar-refractivity contribution in [2.24, 2.45) is 5.92 Å². The van der Waals surface area contributed by atoms with E-state index >= 15 is 0 Å². The maximum Gasteiger partial charge on any atom is 0.0115 e. The van der Waals surface area contributed by atoms with Crippen LogP contribution in [0.25, 0.3) is 0 Å². The van der Waals surface area contributed by atoms with Crippen molar-refractivity contribution in [3.8, 4) is 0 Å². The van der Waals surface area contributed by atoms with Gasteiger partial charge in [-0.2, -0.15) is 0 Å². The Morgan fingerprint density at radius 3 is 1.62 bits per heavy atom. The van der Waals surface area contributed by atoms with E-state index in [4.69, 9.17) is 0 Å². The Bertz CT molecular complexity index is 116. The third-order valence-electron chi connectivity index (χ3n) is 3.23. The highest BCUT2D eigenvalue weighted by Crippen LogP contribution is 2.18. The first-order valence-electron chi connectivity index (χ1n) is 5.80. The molecule has 0 saturated heterocycles. The molecule has 1 unspecified atom stereocenters. The molecule has 0 bridgehead atoms. The van der Waals surface area contributed by atoms with Crippen molar-refractivity contribution in [2.45, 2.75) is 66.0 Å². The van der Waals surface area contributed by atoms with E-state index in [1.165, 1.54) is 19.3 Å². The Morgan fingerprint density at radius 1 is 0.923 bits per heavy atom. The van der Waals surface area contributed by atoms with Crippen LogP contribution in [-0.4, -0.2) is 24.0 Å². The first kappa shape index (κ1) is 13.0. The average Bonchev–Trinajstić information content (AvgIpc) is 2.07. The molecule has 0 heterocycles. The van der Waals surface area contributed by atoms with Crippen LogP contribution in [-0.2, 0) is 0 Å². The van der Waals surface area contributed by atoms with Gasteiger partial charge in [-0.15, -0.1) is 0 Å². The largest absolute Gasteiger partial charge is 0.300 e. The number of hydrogen-bond donors (Lipinski definition) is 0. The van der Waals surface area contributed by atoms with E-state index in [-0.39, 0.29) is 0 Å². The van der Waals surface area contributed by atoms with E-state index in [0.717, 1.165) is 18.0 Å². The molecule has 0 radical (unpaired) electrons. The van der Waals surface area contributed by atoms with Gasteiger partial charge in [-0.1, -0.05) is 34.6 Å². The molecule has 0 rings (SSSR count). The van der Waals surface area contributed by atoms with Crippen molar-refractivity contribution < 1.29 is 0 Å². The molecule has 1 atom stereocenters. The summed E-state index contributed by atoms with van der Waals surface area (Å²) < 4.78 is 0. The number of rotatable bonds is 6. The summed E-state index contributed by atoms with van der Waals surface area (Å²) >= 11 is 0. The summed E-state index contributed by atoms with van der Waals surface area (Å²) in [5.74, 6) is 0.774.